The number of carbonyl (C=O) groups excluding carboxylic acids is 2. The lowest BCUT2D eigenvalue weighted by molar-refractivity contribution is 0.0996. The van der Waals surface area contributed by atoms with Gasteiger partial charge in [0, 0.05) is 30.4 Å². The number of aryl methyl sites for hydroxylation is 1. The van der Waals surface area contributed by atoms with Crippen LogP contribution in [-0.4, -0.2) is 21.5 Å². The average Bonchev–Trinajstić information content (AvgIpc) is 3.00. The van der Waals surface area contributed by atoms with Crippen LogP contribution in [-0.2, 0) is 7.05 Å². The highest BCUT2D eigenvalue weighted by Crippen LogP contribution is 2.16. The highest BCUT2D eigenvalue weighted by Gasteiger charge is 2.18. The molecule has 5 nitrogen and oxygen atoms in total. The van der Waals surface area contributed by atoms with Crippen molar-refractivity contribution in [2.75, 3.05) is 5.32 Å². The molecule has 1 heterocycles. The number of amides is 1. The highest BCUT2D eigenvalue weighted by molar-refractivity contribution is 6.17. The molecule has 0 atom stereocenters. The molecule has 0 spiro atoms. The summed E-state index contributed by atoms with van der Waals surface area (Å²) in [5.41, 5.74) is 1.24. The molecule has 0 fully saturated rings. The summed E-state index contributed by atoms with van der Waals surface area (Å²) in [6.45, 7) is 0. The van der Waals surface area contributed by atoms with E-state index in [2.05, 4.69) is 10.4 Å². The second-order valence-electron chi connectivity index (χ2n) is 5.07. The third-order valence-corrected chi connectivity index (χ3v) is 3.41. The number of aromatic nitrogens is 2. The van der Waals surface area contributed by atoms with E-state index in [4.69, 9.17) is 0 Å². The summed E-state index contributed by atoms with van der Waals surface area (Å²) in [7, 11) is 1.77. The molecule has 5 heteroatoms. The molecule has 0 saturated heterocycles. The van der Waals surface area contributed by atoms with Gasteiger partial charge in [-0.05, 0) is 6.07 Å². The zero-order valence-electron chi connectivity index (χ0n) is 12.6. The number of rotatable bonds is 4. The van der Waals surface area contributed by atoms with Gasteiger partial charge in [0.2, 0.25) is 0 Å². The standard InChI is InChI=1S/C18H15N3O2/c1-21-12-11-16(20-21)19-18(23)15-10-6-5-9-14(15)17(22)13-7-3-2-4-8-13/h2-12H,1H3,(H,19,20,23). The van der Waals surface area contributed by atoms with Crippen LogP contribution in [0.15, 0.2) is 66.9 Å². The fourth-order valence-corrected chi connectivity index (χ4v) is 2.29. The lowest BCUT2D eigenvalue weighted by Crippen LogP contribution is -2.17. The minimum atomic E-state index is -0.358. The summed E-state index contributed by atoms with van der Waals surface area (Å²) in [5, 5.41) is 6.81. The third-order valence-electron chi connectivity index (χ3n) is 3.41. The first-order valence-corrected chi connectivity index (χ1v) is 7.15. The van der Waals surface area contributed by atoms with Gasteiger partial charge in [0.25, 0.3) is 5.91 Å². The van der Waals surface area contributed by atoms with E-state index in [9.17, 15) is 9.59 Å². The largest absolute Gasteiger partial charge is 0.305 e. The van der Waals surface area contributed by atoms with Crippen molar-refractivity contribution in [1.29, 1.82) is 0 Å². The zero-order chi connectivity index (χ0) is 16.2. The Bertz CT molecular complexity index is 853. The quantitative estimate of drug-likeness (QED) is 0.754. The molecule has 0 bridgehead atoms. The molecule has 0 unspecified atom stereocenters. The average molecular weight is 305 g/mol. The molecule has 2 aromatic carbocycles. The fourth-order valence-electron chi connectivity index (χ4n) is 2.29. The van der Waals surface area contributed by atoms with Crippen LogP contribution in [0.4, 0.5) is 5.82 Å². The molecule has 0 aliphatic carbocycles. The van der Waals surface area contributed by atoms with E-state index in [0.717, 1.165) is 0 Å². The number of nitrogens with zero attached hydrogens (tertiary/aromatic N) is 2. The van der Waals surface area contributed by atoms with E-state index in [1.165, 1.54) is 0 Å². The number of ketones is 1. The van der Waals surface area contributed by atoms with Crippen LogP contribution in [0, 0.1) is 0 Å². The van der Waals surface area contributed by atoms with Gasteiger partial charge in [-0.15, -0.1) is 0 Å². The van der Waals surface area contributed by atoms with E-state index >= 15 is 0 Å². The maximum absolute atomic E-state index is 12.6. The van der Waals surface area contributed by atoms with Gasteiger partial charge in [-0.3, -0.25) is 14.3 Å². The van der Waals surface area contributed by atoms with Gasteiger partial charge >= 0.3 is 0 Å². The summed E-state index contributed by atoms with van der Waals surface area (Å²) >= 11 is 0. The minimum absolute atomic E-state index is 0.183. The molecule has 3 rings (SSSR count). The second kappa shape index (κ2) is 6.27. The first-order valence-electron chi connectivity index (χ1n) is 7.15. The van der Waals surface area contributed by atoms with Crippen LogP contribution >= 0.6 is 0 Å². The van der Waals surface area contributed by atoms with Gasteiger partial charge in [-0.1, -0.05) is 48.5 Å². The topological polar surface area (TPSA) is 64.0 Å². The molecule has 0 radical (unpaired) electrons. The van der Waals surface area contributed by atoms with E-state index in [-0.39, 0.29) is 11.7 Å². The maximum Gasteiger partial charge on any atom is 0.257 e. The summed E-state index contributed by atoms with van der Waals surface area (Å²) in [6.07, 6.45) is 1.73. The molecule has 114 valence electrons. The first kappa shape index (κ1) is 14.7. The Balaban J connectivity index is 1.91. The predicted octanol–water partition coefficient (Wildman–Crippen LogP) is 2.90. The number of anilines is 1. The van der Waals surface area contributed by atoms with Crippen LogP contribution in [0.5, 0.6) is 0 Å². The number of hydrogen-bond acceptors (Lipinski definition) is 3. The van der Waals surface area contributed by atoms with Crippen LogP contribution in [0.1, 0.15) is 26.3 Å². The normalized spacial score (nSPS) is 10.3. The van der Waals surface area contributed by atoms with E-state index in [1.54, 1.807) is 72.5 Å². The number of benzene rings is 2. The fraction of sp³-hybridized carbons (Fsp3) is 0.0556. The molecule has 0 saturated carbocycles. The van der Waals surface area contributed by atoms with Crippen molar-refractivity contribution in [1.82, 2.24) is 9.78 Å². The molecule has 3 aromatic rings. The van der Waals surface area contributed by atoms with Gasteiger partial charge in [-0.2, -0.15) is 5.10 Å². The lowest BCUT2D eigenvalue weighted by Gasteiger charge is -2.08. The Morgan fingerprint density at radius 2 is 1.57 bits per heavy atom. The Kier molecular flexibility index (Phi) is 4.01. The van der Waals surface area contributed by atoms with Gasteiger partial charge in [0.15, 0.2) is 11.6 Å². The molecule has 1 N–H and O–H groups in total. The van der Waals surface area contributed by atoms with Crippen molar-refractivity contribution < 1.29 is 9.59 Å². The molecular formula is C18H15N3O2. The minimum Gasteiger partial charge on any atom is -0.305 e. The van der Waals surface area contributed by atoms with Crippen molar-refractivity contribution in [3.63, 3.8) is 0 Å². The van der Waals surface area contributed by atoms with Gasteiger partial charge < -0.3 is 5.32 Å². The maximum atomic E-state index is 12.6. The summed E-state index contributed by atoms with van der Waals surface area (Å²) in [4.78, 5) is 25.1. The van der Waals surface area contributed by atoms with Crippen molar-refractivity contribution in [2.45, 2.75) is 0 Å². The molecular weight excluding hydrogens is 290 g/mol. The summed E-state index contributed by atoms with van der Waals surface area (Å²) in [5.74, 6) is -0.0968. The number of carbonyl (C=O) groups is 2. The first-order chi connectivity index (χ1) is 11.1. The van der Waals surface area contributed by atoms with E-state index < -0.39 is 0 Å². The number of hydrogen-bond donors (Lipinski definition) is 1. The summed E-state index contributed by atoms with van der Waals surface area (Å²) in [6, 6.07) is 17.4. The SMILES string of the molecule is Cn1ccc(NC(=O)c2ccccc2C(=O)c2ccccc2)n1. The Morgan fingerprint density at radius 3 is 2.22 bits per heavy atom. The predicted molar refractivity (Wildman–Crippen MR) is 87.5 cm³/mol. The molecule has 0 aliphatic heterocycles. The van der Waals surface area contributed by atoms with Crippen molar-refractivity contribution >= 4 is 17.5 Å². The van der Waals surface area contributed by atoms with Crippen molar-refractivity contribution in [2.24, 2.45) is 7.05 Å². The third kappa shape index (κ3) is 3.18. The van der Waals surface area contributed by atoms with Gasteiger partial charge in [-0.25, -0.2) is 0 Å². The Labute approximate surface area is 133 Å². The Morgan fingerprint density at radius 1 is 0.913 bits per heavy atom. The van der Waals surface area contributed by atoms with E-state index in [1.807, 2.05) is 6.07 Å². The summed E-state index contributed by atoms with van der Waals surface area (Å²) < 4.78 is 1.59. The monoisotopic (exact) mass is 305 g/mol. The second-order valence-corrected chi connectivity index (χ2v) is 5.07. The highest BCUT2D eigenvalue weighted by atomic mass is 16.2. The molecule has 1 aromatic heterocycles. The number of nitrogens with one attached hydrogen (secondary N) is 1. The van der Waals surface area contributed by atoms with Crippen LogP contribution in [0.3, 0.4) is 0 Å². The molecule has 23 heavy (non-hydrogen) atoms. The zero-order valence-corrected chi connectivity index (χ0v) is 12.6. The van der Waals surface area contributed by atoms with Gasteiger partial charge in [0.1, 0.15) is 0 Å². The van der Waals surface area contributed by atoms with E-state index in [0.29, 0.717) is 22.5 Å². The van der Waals surface area contributed by atoms with Crippen molar-refractivity contribution in [3.8, 4) is 0 Å². The van der Waals surface area contributed by atoms with Crippen LogP contribution < -0.4 is 5.32 Å². The molecule has 0 aliphatic rings. The molecule has 1 amide bonds. The van der Waals surface area contributed by atoms with Gasteiger partial charge in [0.05, 0.1) is 5.56 Å². The van der Waals surface area contributed by atoms with Crippen LogP contribution in [0.2, 0.25) is 0 Å². The van der Waals surface area contributed by atoms with Crippen LogP contribution in [0.25, 0.3) is 0 Å². The smallest absolute Gasteiger partial charge is 0.257 e. The lowest BCUT2D eigenvalue weighted by atomic mass is 9.98. The Hall–Kier alpha value is -3.21. The van der Waals surface area contributed by atoms with Crippen molar-refractivity contribution in [3.05, 3.63) is 83.6 Å².